The van der Waals surface area contributed by atoms with Crippen LogP contribution in [0.3, 0.4) is 0 Å². The van der Waals surface area contributed by atoms with Gasteiger partial charge in [0.15, 0.2) is 0 Å². The van der Waals surface area contributed by atoms with E-state index >= 15 is 0 Å². The Labute approximate surface area is 105 Å². The van der Waals surface area contributed by atoms with E-state index in [2.05, 4.69) is 37.8 Å². The van der Waals surface area contributed by atoms with Crippen LogP contribution in [0.4, 0.5) is 0 Å². The second-order valence-electron chi connectivity index (χ2n) is 5.64. The molecular weight excluding hydrogens is 204 g/mol. The van der Waals surface area contributed by atoms with Crippen molar-refractivity contribution in [2.45, 2.75) is 39.0 Å². The molecule has 1 unspecified atom stereocenters. The molecule has 17 heavy (non-hydrogen) atoms. The smallest absolute Gasteiger partial charge is 0.0198 e. The van der Waals surface area contributed by atoms with Gasteiger partial charge in [-0.2, -0.15) is 0 Å². The molecule has 0 heteroatoms. The second kappa shape index (κ2) is 4.33. The summed E-state index contributed by atoms with van der Waals surface area (Å²) in [5.41, 5.74) is 4.82. The Balaban J connectivity index is 1.95. The molecule has 3 aliphatic carbocycles. The lowest BCUT2D eigenvalue weighted by atomic mass is 9.82. The Kier molecular flexibility index (Phi) is 2.82. The zero-order valence-electron chi connectivity index (χ0n) is 10.8. The van der Waals surface area contributed by atoms with Crippen molar-refractivity contribution < 1.29 is 0 Å². The SMILES string of the molecule is C=CC1C=C(C2CC2)C(C2CC2)=C/C1=C\CC. The van der Waals surface area contributed by atoms with Crippen molar-refractivity contribution >= 4 is 0 Å². The van der Waals surface area contributed by atoms with E-state index in [4.69, 9.17) is 0 Å². The summed E-state index contributed by atoms with van der Waals surface area (Å²) in [6, 6.07) is 0. The molecule has 0 nitrogen and oxygen atoms in total. The van der Waals surface area contributed by atoms with E-state index in [1.807, 2.05) is 0 Å². The Bertz CT molecular complexity index is 411. The largest absolute Gasteiger partial charge is 0.102 e. The maximum Gasteiger partial charge on any atom is 0.0198 e. The van der Waals surface area contributed by atoms with Gasteiger partial charge in [-0.3, -0.25) is 0 Å². The summed E-state index contributed by atoms with van der Waals surface area (Å²) in [6.45, 7) is 6.22. The van der Waals surface area contributed by atoms with Crippen LogP contribution >= 0.6 is 0 Å². The van der Waals surface area contributed by atoms with Gasteiger partial charge in [-0.05, 0) is 60.7 Å². The first-order chi connectivity index (χ1) is 8.33. The predicted molar refractivity (Wildman–Crippen MR) is 73.7 cm³/mol. The highest BCUT2D eigenvalue weighted by Crippen LogP contribution is 2.51. The Morgan fingerprint density at radius 1 is 1.18 bits per heavy atom. The third-order valence-corrected chi connectivity index (χ3v) is 4.13. The topological polar surface area (TPSA) is 0 Å². The van der Waals surface area contributed by atoms with Crippen LogP contribution in [-0.2, 0) is 0 Å². The van der Waals surface area contributed by atoms with Crippen molar-refractivity contribution in [2.75, 3.05) is 0 Å². The Morgan fingerprint density at radius 3 is 2.35 bits per heavy atom. The lowest BCUT2D eigenvalue weighted by molar-refractivity contribution is 0.848. The standard InChI is InChI=1S/C17H22/c1-3-5-15-11-17(14-8-9-14)16(13-6-7-13)10-12(15)4-2/h4-5,10-14H,2-3,6-9H2,1H3/b15-5+. The minimum Gasteiger partial charge on any atom is -0.102 e. The molecule has 3 rings (SSSR count). The number of hydrogen-bond acceptors (Lipinski definition) is 0. The van der Waals surface area contributed by atoms with Gasteiger partial charge in [0.2, 0.25) is 0 Å². The van der Waals surface area contributed by atoms with Crippen molar-refractivity contribution in [3.05, 3.63) is 47.6 Å². The van der Waals surface area contributed by atoms with Gasteiger partial charge in [0.25, 0.3) is 0 Å². The van der Waals surface area contributed by atoms with Crippen LogP contribution in [0.25, 0.3) is 0 Å². The molecule has 1 atom stereocenters. The highest BCUT2D eigenvalue weighted by atomic mass is 14.4. The molecule has 90 valence electrons. The molecule has 0 N–H and O–H groups in total. The molecule has 2 fully saturated rings. The van der Waals surface area contributed by atoms with Gasteiger partial charge < -0.3 is 0 Å². The first-order valence-corrected chi connectivity index (χ1v) is 7.09. The highest BCUT2D eigenvalue weighted by Gasteiger charge is 2.37. The van der Waals surface area contributed by atoms with Crippen molar-refractivity contribution in [3.8, 4) is 0 Å². The lowest BCUT2D eigenvalue weighted by Crippen LogP contribution is -2.08. The van der Waals surface area contributed by atoms with Gasteiger partial charge in [0.1, 0.15) is 0 Å². The minimum atomic E-state index is 0.466. The van der Waals surface area contributed by atoms with Gasteiger partial charge in [0, 0.05) is 5.92 Å². The van der Waals surface area contributed by atoms with Crippen LogP contribution in [-0.4, -0.2) is 0 Å². The molecule has 0 aromatic rings. The quantitative estimate of drug-likeness (QED) is 0.603. The molecule has 0 spiro atoms. The third-order valence-electron chi connectivity index (χ3n) is 4.13. The number of allylic oxidation sites excluding steroid dienone is 7. The first-order valence-electron chi connectivity index (χ1n) is 7.09. The summed E-state index contributed by atoms with van der Waals surface area (Å²) >= 11 is 0. The maximum absolute atomic E-state index is 4.00. The fourth-order valence-corrected chi connectivity index (χ4v) is 2.89. The molecular formula is C17H22. The van der Waals surface area contributed by atoms with Gasteiger partial charge in [-0.25, -0.2) is 0 Å². The van der Waals surface area contributed by atoms with Crippen molar-refractivity contribution in [1.29, 1.82) is 0 Å². The van der Waals surface area contributed by atoms with Gasteiger partial charge in [-0.15, -0.1) is 6.58 Å². The summed E-state index contributed by atoms with van der Waals surface area (Å²) in [7, 11) is 0. The normalized spacial score (nSPS) is 31.1. The fraction of sp³-hybridized carbons (Fsp3) is 0.529. The molecule has 0 radical (unpaired) electrons. The van der Waals surface area contributed by atoms with Crippen LogP contribution in [0.1, 0.15) is 39.0 Å². The molecule has 0 bridgehead atoms. The maximum atomic E-state index is 4.00. The third kappa shape index (κ3) is 2.18. The molecule has 0 heterocycles. The number of rotatable bonds is 4. The molecule has 2 saturated carbocycles. The predicted octanol–water partition coefficient (Wildman–Crippen LogP) is 4.81. The van der Waals surface area contributed by atoms with Crippen LogP contribution in [0.15, 0.2) is 47.6 Å². The van der Waals surface area contributed by atoms with Crippen LogP contribution in [0.2, 0.25) is 0 Å². The van der Waals surface area contributed by atoms with Crippen molar-refractivity contribution in [1.82, 2.24) is 0 Å². The average Bonchev–Trinajstić information content (AvgIpc) is 3.18. The van der Waals surface area contributed by atoms with E-state index in [-0.39, 0.29) is 0 Å². The molecule has 0 aromatic carbocycles. The molecule has 0 saturated heterocycles. The van der Waals surface area contributed by atoms with E-state index in [1.165, 1.54) is 31.3 Å². The Hall–Kier alpha value is -1.04. The zero-order chi connectivity index (χ0) is 11.8. The molecule has 0 aromatic heterocycles. The van der Waals surface area contributed by atoms with E-state index in [0.29, 0.717) is 5.92 Å². The average molecular weight is 226 g/mol. The number of hydrogen-bond donors (Lipinski definition) is 0. The van der Waals surface area contributed by atoms with Crippen LogP contribution in [0, 0.1) is 17.8 Å². The highest BCUT2D eigenvalue weighted by molar-refractivity contribution is 5.51. The lowest BCUT2D eigenvalue weighted by Gasteiger charge is -2.23. The minimum absolute atomic E-state index is 0.466. The molecule has 0 amide bonds. The summed E-state index contributed by atoms with van der Waals surface area (Å²) < 4.78 is 0. The van der Waals surface area contributed by atoms with E-state index in [9.17, 15) is 0 Å². The van der Waals surface area contributed by atoms with Crippen LogP contribution < -0.4 is 0 Å². The second-order valence-corrected chi connectivity index (χ2v) is 5.64. The summed E-state index contributed by atoms with van der Waals surface area (Å²) in [5, 5.41) is 0. The molecule has 0 aliphatic heterocycles. The van der Waals surface area contributed by atoms with E-state index in [1.54, 1.807) is 11.1 Å². The first kappa shape index (κ1) is 11.1. The van der Waals surface area contributed by atoms with Gasteiger partial charge in [0.05, 0.1) is 0 Å². The Morgan fingerprint density at radius 2 is 1.82 bits per heavy atom. The van der Waals surface area contributed by atoms with E-state index in [0.717, 1.165) is 18.3 Å². The fourth-order valence-electron chi connectivity index (χ4n) is 2.89. The zero-order valence-corrected chi connectivity index (χ0v) is 10.8. The van der Waals surface area contributed by atoms with Crippen molar-refractivity contribution in [3.63, 3.8) is 0 Å². The van der Waals surface area contributed by atoms with Crippen molar-refractivity contribution in [2.24, 2.45) is 17.8 Å². The van der Waals surface area contributed by atoms with Crippen LogP contribution in [0.5, 0.6) is 0 Å². The van der Waals surface area contributed by atoms with E-state index < -0.39 is 0 Å². The van der Waals surface area contributed by atoms with Gasteiger partial charge >= 0.3 is 0 Å². The summed E-state index contributed by atoms with van der Waals surface area (Å²) in [4.78, 5) is 0. The summed E-state index contributed by atoms with van der Waals surface area (Å²) in [5.74, 6) is 2.23. The summed E-state index contributed by atoms with van der Waals surface area (Å²) in [6.07, 6.45) is 16.2. The van der Waals surface area contributed by atoms with Gasteiger partial charge in [-0.1, -0.05) is 31.2 Å². The monoisotopic (exact) mass is 226 g/mol. The molecule has 3 aliphatic rings.